The number of Topliss-reactive ketones (excluding diaryl/α,β-unsaturated/α-hetero) is 2. The number of carbonyl (C=O) groups excluding carboxylic acids is 2. The summed E-state index contributed by atoms with van der Waals surface area (Å²) >= 11 is 0. The lowest BCUT2D eigenvalue weighted by atomic mass is 9.44. The van der Waals surface area contributed by atoms with Crippen molar-refractivity contribution in [1.82, 2.24) is 0 Å². The van der Waals surface area contributed by atoms with Crippen molar-refractivity contribution in [2.24, 2.45) is 34.5 Å². The van der Waals surface area contributed by atoms with Crippen LogP contribution in [0.15, 0.2) is 0 Å². The molecule has 0 heterocycles. The zero-order valence-electron chi connectivity index (χ0n) is 14.2. The van der Waals surface area contributed by atoms with E-state index in [9.17, 15) is 9.59 Å². The van der Waals surface area contributed by atoms with Gasteiger partial charge in [-0.2, -0.15) is 0 Å². The quantitative estimate of drug-likeness (QED) is 0.711. The summed E-state index contributed by atoms with van der Waals surface area (Å²) in [5.41, 5.74) is 0.414. The molecule has 4 saturated carbocycles. The van der Waals surface area contributed by atoms with Gasteiger partial charge >= 0.3 is 0 Å². The fourth-order valence-corrected chi connectivity index (χ4v) is 7.33. The van der Waals surface area contributed by atoms with Crippen molar-refractivity contribution in [3.05, 3.63) is 0 Å². The van der Waals surface area contributed by atoms with Gasteiger partial charge in [0.05, 0.1) is 0 Å². The highest BCUT2D eigenvalue weighted by Gasteiger charge is 2.60. The van der Waals surface area contributed by atoms with Gasteiger partial charge in [-0.25, -0.2) is 0 Å². The number of rotatable bonds is 1. The van der Waals surface area contributed by atoms with E-state index in [2.05, 4.69) is 13.8 Å². The molecule has 0 aliphatic heterocycles. The minimum absolute atomic E-state index is 0.00653. The Balaban J connectivity index is 1.68. The zero-order valence-corrected chi connectivity index (χ0v) is 14.2. The molecule has 0 saturated heterocycles. The Bertz CT molecular complexity index is 510. The monoisotopic (exact) mass is 302 g/mol. The third kappa shape index (κ3) is 1.79. The normalized spacial score (nSPS) is 51.2. The second-order valence-corrected chi connectivity index (χ2v) is 8.90. The standard InChI is InChI=1S/C20H30O2/c1-3-20-11-8-14(21)12-13(20)4-5-15-16-6-7-18(22)19(16,2)10-9-17(15)20/h13,15-17H,3-12H2,1-2H3/t13-,15-,16?,17?,19-,20-/m0/s1. The molecule has 4 rings (SSSR count). The summed E-state index contributed by atoms with van der Waals surface area (Å²) in [5, 5.41) is 0. The maximum absolute atomic E-state index is 12.4. The highest BCUT2D eigenvalue weighted by atomic mass is 16.1. The van der Waals surface area contributed by atoms with Crippen LogP contribution in [0.1, 0.15) is 78.1 Å². The average Bonchev–Trinajstić information content (AvgIpc) is 2.82. The fraction of sp³-hybridized carbons (Fsp3) is 0.900. The summed E-state index contributed by atoms with van der Waals surface area (Å²) in [6, 6.07) is 0. The van der Waals surface area contributed by atoms with Crippen molar-refractivity contribution >= 4 is 11.6 Å². The van der Waals surface area contributed by atoms with Gasteiger partial charge in [-0.3, -0.25) is 9.59 Å². The van der Waals surface area contributed by atoms with Gasteiger partial charge in [-0.1, -0.05) is 13.8 Å². The summed E-state index contributed by atoms with van der Waals surface area (Å²) in [6.45, 7) is 4.62. The Morgan fingerprint density at radius 2 is 1.82 bits per heavy atom. The van der Waals surface area contributed by atoms with E-state index in [4.69, 9.17) is 0 Å². The molecular weight excluding hydrogens is 272 g/mol. The Labute approximate surface area is 134 Å². The van der Waals surface area contributed by atoms with Gasteiger partial charge in [0, 0.05) is 24.7 Å². The summed E-state index contributed by atoms with van der Waals surface area (Å²) in [6.07, 6.45) is 10.9. The number of hydrogen-bond acceptors (Lipinski definition) is 2. The highest BCUT2D eigenvalue weighted by Crippen LogP contribution is 2.66. The van der Waals surface area contributed by atoms with Crippen molar-refractivity contribution in [3.8, 4) is 0 Å². The average molecular weight is 302 g/mol. The first-order valence-electron chi connectivity index (χ1n) is 9.56. The number of ketones is 2. The van der Waals surface area contributed by atoms with Crippen LogP contribution in [-0.2, 0) is 9.59 Å². The van der Waals surface area contributed by atoms with Gasteiger partial charge in [-0.15, -0.1) is 0 Å². The van der Waals surface area contributed by atoms with Crippen LogP contribution in [0.2, 0.25) is 0 Å². The molecule has 2 unspecified atom stereocenters. The second-order valence-electron chi connectivity index (χ2n) is 8.90. The van der Waals surface area contributed by atoms with Crippen molar-refractivity contribution in [2.45, 2.75) is 78.1 Å². The van der Waals surface area contributed by atoms with Gasteiger partial charge in [0.25, 0.3) is 0 Å². The third-order valence-electron chi connectivity index (χ3n) is 8.55. The Hall–Kier alpha value is -0.660. The molecule has 0 amide bonds. The predicted octanol–water partition coefficient (Wildman–Crippen LogP) is 4.56. The van der Waals surface area contributed by atoms with Gasteiger partial charge in [-0.05, 0) is 74.0 Å². The molecular formula is C20H30O2. The molecule has 2 heteroatoms. The summed E-state index contributed by atoms with van der Waals surface area (Å²) in [7, 11) is 0. The lowest BCUT2D eigenvalue weighted by Gasteiger charge is -2.60. The van der Waals surface area contributed by atoms with Crippen LogP contribution in [0.4, 0.5) is 0 Å². The van der Waals surface area contributed by atoms with E-state index < -0.39 is 0 Å². The maximum atomic E-state index is 12.4. The number of fused-ring (bicyclic) bond motifs is 5. The van der Waals surface area contributed by atoms with E-state index in [0.717, 1.165) is 50.4 Å². The lowest BCUT2D eigenvalue weighted by Crippen LogP contribution is -2.54. The predicted molar refractivity (Wildman–Crippen MR) is 86.4 cm³/mol. The molecule has 4 aliphatic carbocycles. The minimum Gasteiger partial charge on any atom is -0.300 e. The zero-order chi connectivity index (χ0) is 15.5. The highest BCUT2D eigenvalue weighted by molar-refractivity contribution is 5.87. The summed E-state index contributed by atoms with van der Waals surface area (Å²) in [4.78, 5) is 24.4. The van der Waals surface area contributed by atoms with E-state index >= 15 is 0 Å². The van der Waals surface area contributed by atoms with E-state index in [1.54, 1.807) is 0 Å². The maximum Gasteiger partial charge on any atom is 0.139 e. The topological polar surface area (TPSA) is 34.1 Å². The molecule has 122 valence electrons. The smallest absolute Gasteiger partial charge is 0.139 e. The first kappa shape index (κ1) is 14.9. The fourth-order valence-electron chi connectivity index (χ4n) is 7.33. The van der Waals surface area contributed by atoms with Crippen molar-refractivity contribution in [2.75, 3.05) is 0 Å². The van der Waals surface area contributed by atoms with Gasteiger partial charge in [0.15, 0.2) is 0 Å². The van der Waals surface area contributed by atoms with E-state index in [1.807, 2.05) is 0 Å². The van der Waals surface area contributed by atoms with Crippen LogP contribution in [0.3, 0.4) is 0 Å². The van der Waals surface area contributed by atoms with E-state index in [-0.39, 0.29) is 5.41 Å². The summed E-state index contributed by atoms with van der Waals surface area (Å²) in [5.74, 6) is 3.87. The molecule has 0 bridgehead atoms. The molecule has 4 aliphatic rings. The lowest BCUT2D eigenvalue weighted by molar-refractivity contribution is -0.147. The van der Waals surface area contributed by atoms with Crippen molar-refractivity contribution in [3.63, 3.8) is 0 Å². The molecule has 22 heavy (non-hydrogen) atoms. The Morgan fingerprint density at radius 3 is 2.59 bits per heavy atom. The molecule has 4 fully saturated rings. The minimum atomic E-state index is -0.00653. The molecule has 0 N–H and O–H groups in total. The Kier molecular flexibility index (Phi) is 3.33. The van der Waals surface area contributed by atoms with Crippen molar-refractivity contribution < 1.29 is 9.59 Å². The SMILES string of the molecule is CC[C@]12CCC(=O)C[C@@H]1CC[C@@H]1C2CC[C@]2(C)C(=O)CCC12. The molecule has 0 aromatic carbocycles. The molecule has 2 nitrogen and oxygen atoms in total. The third-order valence-corrected chi connectivity index (χ3v) is 8.55. The molecule has 0 spiro atoms. The van der Waals surface area contributed by atoms with Gasteiger partial charge < -0.3 is 0 Å². The van der Waals surface area contributed by atoms with E-state index in [0.29, 0.717) is 28.8 Å². The largest absolute Gasteiger partial charge is 0.300 e. The second kappa shape index (κ2) is 4.92. The first-order chi connectivity index (χ1) is 10.5. The Morgan fingerprint density at radius 1 is 1.00 bits per heavy atom. The molecule has 0 aromatic heterocycles. The van der Waals surface area contributed by atoms with Gasteiger partial charge in [0.1, 0.15) is 11.6 Å². The number of carbonyl (C=O) groups is 2. The first-order valence-corrected chi connectivity index (χ1v) is 9.56. The van der Waals surface area contributed by atoms with Crippen LogP contribution in [0.25, 0.3) is 0 Å². The van der Waals surface area contributed by atoms with Gasteiger partial charge in [0.2, 0.25) is 0 Å². The molecule has 0 aromatic rings. The molecule has 6 atom stereocenters. The van der Waals surface area contributed by atoms with Crippen LogP contribution in [0.5, 0.6) is 0 Å². The molecule has 0 radical (unpaired) electrons. The van der Waals surface area contributed by atoms with Crippen LogP contribution in [0, 0.1) is 34.5 Å². The number of hydrogen-bond donors (Lipinski definition) is 0. The van der Waals surface area contributed by atoms with Crippen LogP contribution >= 0.6 is 0 Å². The van der Waals surface area contributed by atoms with Crippen LogP contribution < -0.4 is 0 Å². The summed E-state index contributed by atoms with van der Waals surface area (Å²) < 4.78 is 0. The van der Waals surface area contributed by atoms with E-state index in [1.165, 1.54) is 25.7 Å². The van der Waals surface area contributed by atoms with Crippen LogP contribution in [-0.4, -0.2) is 11.6 Å². The van der Waals surface area contributed by atoms with Crippen molar-refractivity contribution in [1.29, 1.82) is 0 Å².